The van der Waals surface area contributed by atoms with Crippen molar-refractivity contribution in [2.24, 2.45) is 0 Å². The summed E-state index contributed by atoms with van der Waals surface area (Å²) < 4.78 is 5.49. The van der Waals surface area contributed by atoms with Gasteiger partial charge in [0.25, 0.3) is 0 Å². The van der Waals surface area contributed by atoms with Crippen molar-refractivity contribution in [3.05, 3.63) is 0 Å². The van der Waals surface area contributed by atoms with Crippen LogP contribution >= 0.6 is 0 Å². The van der Waals surface area contributed by atoms with Gasteiger partial charge < -0.3 is 9.84 Å². The van der Waals surface area contributed by atoms with Gasteiger partial charge in [-0.3, -0.25) is 4.90 Å². The molecule has 16 heavy (non-hydrogen) atoms. The van der Waals surface area contributed by atoms with E-state index in [2.05, 4.69) is 18.7 Å². The van der Waals surface area contributed by atoms with Gasteiger partial charge in [-0.05, 0) is 32.4 Å². The quantitative estimate of drug-likeness (QED) is 0.725. The highest BCUT2D eigenvalue weighted by Gasteiger charge is 2.28. The standard InChI is InChI=1S/C13H27NO2/c1-3-5-8-14(9-6-4-2)12-11-16-10-7-13(12)15/h12-13,15H,3-11H2,1-2H3. The van der Waals surface area contributed by atoms with Crippen LogP contribution < -0.4 is 0 Å². The second-order valence-electron chi connectivity index (χ2n) is 4.74. The molecule has 0 radical (unpaired) electrons. The normalized spacial score (nSPS) is 26.2. The monoisotopic (exact) mass is 229 g/mol. The lowest BCUT2D eigenvalue weighted by atomic mass is 10.0. The van der Waals surface area contributed by atoms with Crippen molar-refractivity contribution in [1.29, 1.82) is 0 Å². The van der Waals surface area contributed by atoms with E-state index in [1.165, 1.54) is 25.7 Å². The Morgan fingerprint density at radius 1 is 1.19 bits per heavy atom. The van der Waals surface area contributed by atoms with Crippen LogP contribution in [0.3, 0.4) is 0 Å². The summed E-state index contributed by atoms with van der Waals surface area (Å²) >= 11 is 0. The predicted molar refractivity (Wildman–Crippen MR) is 66.6 cm³/mol. The fourth-order valence-electron chi connectivity index (χ4n) is 2.23. The van der Waals surface area contributed by atoms with Gasteiger partial charge in [0.15, 0.2) is 0 Å². The second-order valence-corrected chi connectivity index (χ2v) is 4.74. The lowest BCUT2D eigenvalue weighted by molar-refractivity contribution is -0.0618. The van der Waals surface area contributed by atoms with Gasteiger partial charge in [-0.1, -0.05) is 26.7 Å². The van der Waals surface area contributed by atoms with Crippen molar-refractivity contribution < 1.29 is 9.84 Å². The zero-order valence-electron chi connectivity index (χ0n) is 10.8. The van der Waals surface area contributed by atoms with Crippen LogP contribution in [-0.2, 0) is 4.74 Å². The van der Waals surface area contributed by atoms with Crippen LogP contribution in [0.25, 0.3) is 0 Å². The molecule has 0 spiro atoms. The molecule has 96 valence electrons. The van der Waals surface area contributed by atoms with Crippen LogP contribution in [0.15, 0.2) is 0 Å². The van der Waals surface area contributed by atoms with Crippen LogP contribution in [0.4, 0.5) is 0 Å². The topological polar surface area (TPSA) is 32.7 Å². The summed E-state index contributed by atoms with van der Waals surface area (Å²) in [6.07, 6.45) is 5.46. The Balaban J connectivity index is 2.44. The maximum absolute atomic E-state index is 10.0. The van der Waals surface area contributed by atoms with Crippen LogP contribution in [-0.4, -0.2) is 48.5 Å². The van der Waals surface area contributed by atoms with Crippen molar-refractivity contribution in [3.63, 3.8) is 0 Å². The van der Waals surface area contributed by atoms with E-state index in [0.29, 0.717) is 13.2 Å². The molecule has 0 aromatic rings. The Labute approximate surface area is 99.8 Å². The highest BCUT2D eigenvalue weighted by atomic mass is 16.5. The van der Waals surface area contributed by atoms with E-state index in [4.69, 9.17) is 4.74 Å². The number of aliphatic hydroxyl groups is 1. The molecular formula is C13H27NO2. The molecule has 1 N–H and O–H groups in total. The maximum atomic E-state index is 10.0. The lowest BCUT2D eigenvalue weighted by Crippen LogP contribution is -2.50. The number of ether oxygens (including phenoxy) is 1. The Hall–Kier alpha value is -0.120. The summed E-state index contributed by atoms with van der Waals surface area (Å²) in [7, 11) is 0. The molecule has 0 amide bonds. The number of aliphatic hydroxyl groups excluding tert-OH is 1. The number of rotatable bonds is 7. The number of unbranched alkanes of at least 4 members (excludes halogenated alkanes) is 2. The van der Waals surface area contributed by atoms with E-state index in [0.717, 1.165) is 19.5 Å². The third-order valence-electron chi connectivity index (χ3n) is 3.36. The first-order chi connectivity index (χ1) is 7.79. The Kier molecular flexibility index (Phi) is 7.01. The molecule has 2 atom stereocenters. The molecule has 1 saturated heterocycles. The van der Waals surface area contributed by atoms with Crippen LogP contribution in [0.1, 0.15) is 46.0 Å². The average molecular weight is 229 g/mol. The van der Waals surface area contributed by atoms with Crippen molar-refractivity contribution in [3.8, 4) is 0 Å². The van der Waals surface area contributed by atoms with E-state index in [-0.39, 0.29) is 12.1 Å². The molecule has 0 aromatic heterocycles. The lowest BCUT2D eigenvalue weighted by Gasteiger charge is -2.37. The third-order valence-corrected chi connectivity index (χ3v) is 3.36. The molecule has 0 saturated carbocycles. The van der Waals surface area contributed by atoms with Gasteiger partial charge >= 0.3 is 0 Å². The Bertz CT molecular complexity index is 167. The molecule has 1 rings (SSSR count). The van der Waals surface area contributed by atoms with Crippen LogP contribution in [0.5, 0.6) is 0 Å². The molecule has 1 aliphatic rings. The van der Waals surface area contributed by atoms with Gasteiger partial charge in [-0.15, -0.1) is 0 Å². The first-order valence-electron chi connectivity index (χ1n) is 6.79. The maximum Gasteiger partial charge on any atom is 0.0739 e. The Morgan fingerprint density at radius 2 is 1.81 bits per heavy atom. The first-order valence-corrected chi connectivity index (χ1v) is 6.79. The molecule has 3 heteroatoms. The molecule has 1 aliphatic heterocycles. The fraction of sp³-hybridized carbons (Fsp3) is 1.00. The number of nitrogens with zero attached hydrogens (tertiary/aromatic N) is 1. The average Bonchev–Trinajstić information content (AvgIpc) is 2.31. The minimum Gasteiger partial charge on any atom is -0.391 e. The summed E-state index contributed by atoms with van der Waals surface area (Å²) in [6.45, 7) is 8.04. The summed E-state index contributed by atoms with van der Waals surface area (Å²) in [5.41, 5.74) is 0. The molecule has 0 aliphatic carbocycles. The first kappa shape index (κ1) is 13.9. The number of hydrogen-bond acceptors (Lipinski definition) is 3. The zero-order valence-corrected chi connectivity index (χ0v) is 10.8. The van der Waals surface area contributed by atoms with E-state index >= 15 is 0 Å². The van der Waals surface area contributed by atoms with Gasteiger partial charge in [0, 0.05) is 6.61 Å². The third kappa shape index (κ3) is 4.40. The summed E-state index contributed by atoms with van der Waals surface area (Å²) in [6, 6.07) is 0.229. The minimum absolute atomic E-state index is 0.192. The van der Waals surface area contributed by atoms with Gasteiger partial charge in [-0.2, -0.15) is 0 Å². The van der Waals surface area contributed by atoms with Crippen molar-refractivity contribution in [2.75, 3.05) is 26.3 Å². The molecule has 0 aromatic carbocycles. The highest BCUT2D eigenvalue weighted by Crippen LogP contribution is 2.16. The second kappa shape index (κ2) is 8.04. The number of hydrogen-bond donors (Lipinski definition) is 1. The fourth-order valence-corrected chi connectivity index (χ4v) is 2.23. The zero-order chi connectivity index (χ0) is 11.8. The molecule has 2 unspecified atom stereocenters. The van der Waals surface area contributed by atoms with E-state index in [1.807, 2.05) is 0 Å². The largest absolute Gasteiger partial charge is 0.391 e. The van der Waals surface area contributed by atoms with Crippen molar-refractivity contribution >= 4 is 0 Å². The Morgan fingerprint density at radius 3 is 2.31 bits per heavy atom. The summed E-state index contributed by atoms with van der Waals surface area (Å²) in [5.74, 6) is 0. The molecule has 1 fully saturated rings. The predicted octanol–water partition coefficient (Wildman–Crippen LogP) is 2.04. The van der Waals surface area contributed by atoms with Gasteiger partial charge in [-0.25, -0.2) is 0 Å². The molecule has 0 bridgehead atoms. The highest BCUT2D eigenvalue weighted by molar-refractivity contribution is 4.81. The van der Waals surface area contributed by atoms with E-state index in [1.54, 1.807) is 0 Å². The van der Waals surface area contributed by atoms with Crippen molar-refractivity contribution in [2.45, 2.75) is 58.1 Å². The summed E-state index contributed by atoms with van der Waals surface area (Å²) in [4.78, 5) is 2.43. The van der Waals surface area contributed by atoms with E-state index < -0.39 is 0 Å². The van der Waals surface area contributed by atoms with Gasteiger partial charge in [0.05, 0.1) is 18.8 Å². The van der Waals surface area contributed by atoms with Gasteiger partial charge in [0.1, 0.15) is 0 Å². The molecule has 1 heterocycles. The minimum atomic E-state index is -0.192. The molecule has 3 nitrogen and oxygen atoms in total. The van der Waals surface area contributed by atoms with Crippen molar-refractivity contribution in [1.82, 2.24) is 4.90 Å². The van der Waals surface area contributed by atoms with Crippen LogP contribution in [0, 0.1) is 0 Å². The smallest absolute Gasteiger partial charge is 0.0739 e. The summed E-state index contributed by atoms with van der Waals surface area (Å²) in [5, 5.41) is 10.0. The molecular weight excluding hydrogens is 202 g/mol. The van der Waals surface area contributed by atoms with Crippen LogP contribution in [0.2, 0.25) is 0 Å². The van der Waals surface area contributed by atoms with Gasteiger partial charge in [0.2, 0.25) is 0 Å². The SMILES string of the molecule is CCCCN(CCCC)C1COCCC1O. The van der Waals surface area contributed by atoms with E-state index in [9.17, 15) is 5.11 Å².